The molecule has 2 saturated heterocycles. The highest BCUT2D eigenvalue weighted by Gasteiger charge is 2.34. The number of likely N-dealkylation sites (N-methyl/N-ethyl adjacent to an activating group) is 1. The molecule has 0 unspecified atom stereocenters. The zero-order chi connectivity index (χ0) is 26.7. The number of rotatable bonds is 7. The number of halogens is 2. The molecule has 0 radical (unpaired) electrons. The van der Waals surface area contributed by atoms with Crippen molar-refractivity contribution in [3.8, 4) is 0 Å². The van der Waals surface area contributed by atoms with Crippen LogP contribution >= 0.6 is 0 Å². The number of nitrogens with one attached hydrogen (secondary N) is 1. The number of carboxylic acids is 1. The summed E-state index contributed by atoms with van der Waals surface area (Å²) in [5, 5.41) is 15.7. The number of cyclic esters (lactones) is 1. The second-order valence-electron chi connectivity index (χ2n) is 9.07. The zero-order valence-corrected chi connectivity index (χ0v) is 20.6. The van der Waals surface area contributed by atoms with E-state index in [4.69, 9.17) is 9.84 Å². The number of hydrogen-bond donors (Lipinski definition) is 2. The summed E-state index contributed by atoms with van der Waals surface area (Å²) in [7, 11) is 1.89. The van der Waals surface area contributed by atoms with Crippen LogP contribution in [0.5, 0.6) is 0 Å². The lowest BCUT2D eigenvalue weighted by Gasteiger charge is -2.29. The van der Waals surface area contributed by atoms with Crippen molar-refractivity contribution in [3.63, 3.8) is 0 Å². The molecule has 1 atom stereocenters. The standard InChI is InChI=1S/C25H29F2N5O5/c1-16(33)28-13-20-15-32(25(36)37-20)19-11-21(26)23(22(27)12-19)30-8-7-29(2)31(10-9-30)14-17-3-5-18(6-4-17)24(34)35/h3-6,11-12,20H,7-10,13-15H2,1-2H3,(H,28,33)(H,34,35)/t20-/m0/s1. The van der Waals surface area contributed by atoms with Crippen molar-refractivity contribution < 1.29 is 33.0 Å². The Hall–Kier alpha value is -3.77. The Morgan fingerprint density at radius 2 is 1.73 bits per heavy atom. The van der Waals surface area contributed by atoms with Gasteiger partial charge in [-0.15, -0.1) is 0 Å². The molecule has 2 N–H and O–H groups in total. The van der Waals surface area contributed by atoms with Gasteiger partial charge in [-0.1, -0.05) is 12.1 Å². The molecule has 2 aromatic carbocycles. The van der Waals surface area contributed by atoms with Crippen LogP contribution in [0.2, 0.25) is 0 Å². The molecular formula is C25H29F2N5O5. The Balaban J connectivity index is 1.44. The molecule has 0 bridgehead atoms. The van der Waals surface area contributed by atoms with Crippen molar-refractivity contribution >= 4 is 29.3 Å². The van der Waals surface area contributed by atoms with Crippen molar-refractivity contribution in [2.75, 3.05) is 56.1 Å². The smallest absolute Gasteiger partial charge is 0.414 e. The molecule has 0 saturated carbocycles. The summed E-state index contributed by atoms with van der Waals surface area (Å²) in [6.45, 7) is 3.77. The van der Waals surface area contributed by atoms with E-state index in [-0.39, 0.29) is 35.9 Å². The molecule has 0 aromatic heterocycles. The molecular weight excluding hydrogens is 488 g/mol. The van der Waals surface area contributed by atoms with Crippen LogP contribution in [-0.4, -0.2) is 85.5 Å². The van der Waals surface area contributed by atoms with E-state index in [0.717, 1.165) is 22.6 Å². The summed E-state index contributed by atoms with van der Waals surface area (Å²) in [5.41, 5.74) is 1.01. The van der Waals surface area contributed by atoms with Gasteiger partial charge in [-0.2, -0.15) is 0 Å². The van der Waals surface area contributed by atoms with E-state index in [1.807, 2.05) is 17.1 Å². The molecule has 2 aromatic rings. The van der Waals surface area contributed by atoms with Crippen LogP contribution in [-0.2, 0) is 16.1 Å². The highest BCUT2D eigenvalue weighted by Crippen LogP contribution is 2.31. The van der Waals surface area contributed by atoms with E-state index in [1.54, 1.807) is 29.2 Å². The third-order valence-corrected chi connectivity index (χ3v) is 6.45. The Bertz CT molecular complexity index is 1160. The van der Waals surface area contributed by atoms with Crippen molar-refractivity contribution in [2.24, 2.45) is 0 Å². The Labute approximate surface area is 213 Å². The topological polar surface area (TPSA) is 106 Å². The molecule has 2 fully saturated rings. The van der Waals surface area contributed by atoms with Crippen LogP contribution in [0, 0.1) is 11.6 Å². The zero-order valence-electron chi connectivity index (χ0n) is 20.6. The molecule has 12 heteroatoms. The van der Waals surface area contributed by atoms with E-state index in [9.17, 15) is 14.4 Å². The summed E-state index contributed by atoms with van der Waals surface area (Å²) in [4.78, 5) is 37.2. The van der Waals surface area contributed by atoms with Crippen molar-refractivity contribution in [2.45, 2.75) is 19.6 Å². The number of carbonyl (C=O) groups excluding carboxylic acids is 2. The van der Waals surface area contributed by atoms with Crippen LogP contribution in [0.15, 0.2) is 36.4 Å². The minimum absolute atomic E-state index is 0.0486. The molecule has 10 nitrogen and oxygen atoms in total. The number of hydrogen-bond acceptors (Lipinski definition) is 7. The number of amides is 2. The third-order valence-electron chi connectivity index (χ3n) is 6.45. The fraction of sp³-hybridized carbons (Fsp3) is 0.400. The third kappa shape index (κ3) is 6.15. The highest BCUT2D eigenvalue weighted by atomic mass is 19.1. The molecule has 2 amide bonds. The summed E-state index contributed by atoms with van der Waals surface area (Å²) < 4.78 is 35.6. The molecule has 37 heavy (non-hydrogen) atoms. The van der Waals surface area contributed by atoms with Gasteiger partial charge in [-0.3, -0.25) is 9.69 Å². The van der Waals surface area contributed by atoms with Gasteiger partial charge in [0.05, 0.1) is 24.3 Å². The molecule has 2 aliphatic rings. The first-order valence-electron chi connectivity index (χ1n) is 11.9. The number of nitrogens with zero attached hydrogens (tertiary/aromatic N) is 4. The second kappa shape index (κ2) is 11.1. The number of aromatic carboxylic acids is 1. The van der Waals surface area contributed by atoms with Crippen LogP contribution in [0.3, 0.4) is 0 Å². The lowest BCUT2D eigenvalue weighted by atomic mass is 10.1. The Kier molecular flexibility index (Phi) is 7.89. The first-order chi connectivity index (χ1) is 17.6. The van der Waals surface area contributed by atoms with Gasteiger partial charge >= 0.3 is 12.1 Å². The molecule has 0 spiro atoms. The number of benzene rings is 2. The molecule has 4 rings (SSSR count). The minimum Gasteiger partial charge on any atom is -0.478 e. The molecule has 2 heterocycles. The first kappa shape index (κ1) is 26.3. The van der Waals surface area contributed by atoms with Gasteiger partial charge in [0.2, 0.25) is 5.91 Å². The number of ether oxygens (including phenoxy) is 1. The first-order valence-corrected chi connectivity index (χ1v) is 11.9. The van der Waals surface area contributed by atoms with Gasteiger partial charge in [-0.05, 0) is 17.7 Å². The summed E-state index contributed by atoms with van der Waals surface area (Å²) >= 11 is 0. The Morgan fingerprint density at radius 3 is 2.35 bits per heavy atom. The highest BCUT2D eigenvalue weighted by molar-refractivity contribution is 5.90. The monoisotopic (exact) mass is 517 g/mol. The quantitative estimate of drug-likeness (QED) is 0.577. The van der Waals surface area contributed by atoms with E-state index < -0.39 is 29.8 Å². The molecule has 198 valence electrons. The Morgan fingerprint density at radius 1 is 1.08 bits per heavy atom. The predicted octanol–water partition coefficient (Wildman–Crippen LogP) is 2.29. The van der Waals surface area contributed by atoms with Crippen LogP contribution in [0.25, 0.3) is 0 Å². The SMILES string of the molecule is CC(=O)NC[C@H]1CN(c2cc(F)c(N3CCN(C)N(Cc4ccc(C(=O)O)cc4)CC3)c(F)c2)C(=O)O1. The number of carbonyl (C=O) groups is 3. The van der Waals surface area contributed by atoms with Crippen molar-refractivity contribution in [1.29, 1.82) is 0 Å². The number of anilines is 2. The summed E-state index contributed by atoms with van der Waals surface area (Å²) in [5.74, 6) is -2.83. The fourth-order valence-corrected chi connectivity index (χ4v) is 4.42. The van der Waals surface area contributed by atoms with Gasteiger partial charge in [0.15, 0.2) is 11.6 Å². The molecule has 2 aliphatic heterocycles. The lowest BCUT2D eigenvalue weighted by molar-refractivity contribution is -0.119. The number of hydrazine groups is 1. The van der Waals surface area contributed by atoms with Gasteiger partial charge in [0.1, 0.15) is 11.8 Å². The van der Waals surface area contributed by atoms with Crippen LogP contribution in [0.4, 0.5) is 25.0 Å². The summed E-state index contributed by atoms with van der Waals surface area (Å²) in [6.07, 6.45) is -1.35. The maximum atomic E-state index is 15.2. The second-order valence-corrected chi connectivity index (χ2v) is 9.07. The van der Waals surface area contributed by atoms with Gasteiger partial charge in [-0.25, -0.2) is 28.4 Å². The average molecular weight is 518 g/mol. The van der Waals surface area contributed by atoms with Crippen molar-refractivity contribution in [1.82, 2.24) is 15.3 Å². The van der Waals surface area contributed by atoms with Gasteiger partial charge in [0.25, 0.3) is 0 Å². The lowest BCUT2D eigenvalue weighted by Crippen LogP contribution is -2.40. The van der Waals surface area contributed by atoms with E-state index in [2.05, 4.69) is 5.32 Å². The van der Waals surface area contributed by atoms with Crippen LogP contribution in [0.1, 0.15) is 22.8 Å². The largest absolute Gasteiger partial charge is 0.478 e. The van der Waals surface area contributed by atoms with Gasteiger partial charge < -0.3 is 20.1 Å². The maximum Gasteiger partial charge on any atom is 0.414 e. The van der Waals surface area contributed by atoms with E-state index >= 15 is 8.78 Å². The summed E-state index contributed by atoms with van der Waals surface area (Å²) in [6, 6.07) is 8.84. The number of carboxylic acid groups (broad SMARTS) is 1. The normalized spacial score (nSPS) is 19.0. The maximum absolute atomic E-state index is 15.2. The van der Waals surface area contributed by atoms with Gasteiger partial charge in [0, 0.05) is 58.8 Å². The average Bonchev–Trinajstić information content (AvgIpc) is 3.13. The molecule has 0 aliphatic carbocycles. The minimum atomic E-state index is -0.990. The predicted molar refractivity (Wildman–Crippen MR) is 131 cm³/mol. The fourth-order valence-electron chi connectivity index (χ4n) is 4.42. The van der Waals surface area contributed by atoms with E-state index in [1.165, 1.54) is 6.92 Å². The van der Waals surface area contributed by atoms with Crippen LogP contribution < -0.4 is 15.1 Å². The van der Waals surface area contributed by atoms with E-state index in [0.29, 0.717) is 32.7 Å². The van der Waals surface area contributed by atoms with Crippen molar-refractivity contribution in [3.05, 3.63) is 59.2 Å².